The third-order valence-corrected chi connectivity index (χ3v) is 3.19. The number of hydrogen-bond donors (Lipinski definition) is 1. The molecule has 0 atom stereocenters. The van der Waals surface area contributed by atoms with E-state index in [-0.39, 0.29) is 16.5 Å². The number of nitrogens with zero attached hydrogens (tertiary/aromatic N) is 1. The lowest BCUT2D eigenvalue weighted by Crippen LogP contribution is -2.20. The van der Waals surface area contributed by atoms with Crippen LogP contribution in [0.5, 0.6) is 5.75 Å². The number of nitrogens with one attached hydrogen (secondary N) is 1. The van der Waals surface area contributed by atoms with Crippen molar-refractivity contribution in [2.45, 2.75) is 6.18 Å². The summed E-state index contributed by atoms with van der Waals surface area (Å²) in [6.45, 7) is -0.626. The zero-order valence-electron chi connectivity index (χ0n) is 12.3. The zero-order chi connectivity index (χ0) is 18.6. The van der Waals surface area contributed by atoms with Crippen LogP contribution in [0.4, 0.5) is 24.5 Å². The molecule has 0 aliphatic carbocycles. The van der Waals surface area contributed by atoms with Gasteiger partial charge in [0, 0.05) is 16.8 Å². The van der Waals surface area contributed by atoms with Crippen molar-refractivity contribution in [1.82, 2.24) is 0 Å². The molecule has 0 unspecified atom stereocenters. The summed E-state index contributed by atoms with van der Waals surface area (Å²) in [6, 6.07) is 7.67. The van der Waals surface area contributed by atoms with Crippen molar-refractivity contribution in [1.29, 1.82) is 0 Å². The molecule has 2 rings (SSSR count). The Balaban J connectivity index is 2.04. The maximum absolute atomic E-state index is 12.6. The average molecular weight is 375 g/mol. The lowest BCUT2D eigenvalue weighted by atomic mass is 10.2. The van der Waals surface area contributed by atoms with E-state index in [0.717, 1.165) is 24.3 Å². The van der Waals surface area contributed by atoms with Crippen LogP contribution in [0.15, 0.2) is 42.5 Å². The van der Waals surface area contributed by atoms with Crippen molar-refractivity contribution in [3.8, 4) is 5.75 Å². The van der Waals surface area contributed by atoms with E-state index >= 15 is 0 Å². The summed E-state index contributed by atoms with van der Waals surface area (Å²) in [4.78, 5) is 22.0. The van der Waals surface area contributed by atoms with Crippen LogP contribution in [0.2, 0.25) is 5.02 Å². The number of carbonyl (C=O) groups is 1. The summed E-state index contributed by atoms with van der Waals surface area (Å²) in [5, 5.41) is 13.2. The molecule has 1 N–H and O–H groups in total. The molecule has 0 fully saturated rings. The summed E-state index contributed by atoms with van der Waals surface area (Å²) < 4.78 is 42.9. The molecule has 1 amide bonds. The number of anilines is 1. The highest BCUT2D eigenvalue weighted by atomic mass is 35.5. The van der Waals surface area contributed by atoms with E-state index in [1.54, 1.807) is 0 Å². The van der Waals surface area contributed by atoms with Gasteiger partial charge in [0.15, 0.2) is 12.4 Å². The zero-order valence-corrected chi connectivity index (χ0v) is 13.1. The SMILES string of the molecule is O=C(COc1ccc(Cl)cc1[N+](=O)[O-])Nc1cccc(C(F)(F)F)c1. The number of carbonyl (C=O) groups excluding carboxylic acids is 1. The first-order valence-corrected chi connectivity index (χ1v) is 7.08. The van der Waals surface area contributed by atoms with Gasteiger partial charge in [0.1, 0.15) is 0 Å². The van der Waals surface area contributed by atoms with Gasteiger partial charge in [-0.05, 0) is 30.3 Å². The maximum Gasteiger partial charge on any atom is 0.416 e. The molecule has 2 aromatic carbocycles. The second-order valence-corrected chi connectivity index (χ2v) is 5.22. The Kier molecular flexibility index (Phi) is 5.48. The van der Waals surface area contributed by atoms with Gasteiger partial charge in [0.05, 0.1) is 10.5 Å². The van der Waals surface area contributed by atoms with Crippen molar-refractivity contribution in [2.75, 3.05) is 11.9 Å². The van der Waals surface area contributed by atoms with Gasteiger partial charge in [0.25, 0.3) is 5.91 Å². The molecule has 132 valence electrons. The van der Waals surface area contributed by atoms with E-state index in [1.165, 1.54) is 18.2 Å². The Bertz CT molecular complexity index is 812. The Morgan fingerprint density at radius 3 is 2.60 bits per heavy atom. The minimum atomic E-state index is -4.54. The van der Waals surface area contributed by atoms with Crippen LogP contribution in [0.25, 0.3) is 0 Å². The van der Waals surface area contributed by atoms with Crippen LogP contribution >= 0.6 is 11.6 Å². The van der Waals surface area contributed by atoms with Gasteiger partial charge < -0.3 is 10.1 Å². The topological polar surface area (TPSA) is 81.5 Å². The van der Waals surface area contributed by atoms with Crippen LogP contribution in [-0.4, -0.2) is 17.4 Å². The third kappa shape index (κ3) is 5.08. The number of hydrogen-bond acceptors (Lipinski definition) is 4. The molecule has 0 radical (unpaired) electrons. The molecule has 0 heterocycles. The molecule has 0 saturated carbocycles. The van der Waals surface area contributed by atoms with Crippen molar-refractivity contribution < 1.29 is 27.6 Å². The second kappa shape index (κ2) is 7.39. The Labute approximate surface area is 144 Å². The van der Waals surface area contributed by atoms with Gasteiger partial charge >= 0.3 is 11.9 Å². The summed E-state index contributed by atoms with van der Waals surface area (Å²) in [5.74, 6) is -0.961. The number of nitro benzene ring substituents is 1. The minimum Gasteiger partial charge on any atom is -0.477 e. The summed E-state index contributed by atoms with van der Waals surface area (Å²) in [5.41, 5.74) is -1.42. The van der Waals surface area contributed by atoms with E-state index in [1.807, 2.05) is 0 Å². The lowest BCUT2D eigenvalue weighted by molar-refractivity contribution is -0.385. The number of amides is 1. The molecule has 25 heavy (non-hydrogen) atoms. The van der Waals surface area contributed by atoms with E-state index in [9.17, 15) is 28.1 Å². The first kappa shape index (κ1) is 18.5. The van der Waals surface area contributed by atoms with Crippen molar-refractivity contribution in [3.05, 3.63) is 63.2 Å². The maximum atomic E-state index is 12.6. The quantitative estimate of drug-likeness (QED) is 0.625. The smallest absolute Gasteiger partial charge is 0.416 e. The molecule has 0 spiro atoms. The first-order valence-electron chi connectivity index (χ1n) is 6.70. The van der Waals surface area contributed by atoms with Crippen molar-refractivity contribution in [2.24, 2.45) is 0 Å². The van der Waals surface area contributed by atoms with E-state index in [4.69, 9.17) is 16.3 Å². The van der Waals surface area contributed by atoms with Gasteiger partial charge in [-0.15, -0.1) is 0 Å². The van der Waals surface area contributed by atoms with E-state index in [0.29, 0.717) is 0 Å². The molecule has 0 bridgehead atoms. The van der Waals surface area contributed by atoms with Gasteiger partial charge in [0.2, 0.25) is 0 Å². The predicted molar refractivity (Wildman–Crippen MR) is 83.7 cm³/mol. The predicted octanol–water partition coefficient (Wildman–Crippen LogP) is 4.28. The molecule has 10 heteroatoms. The van der Waals surface area contributed by atoms with Crippen molar-refractivity contribution >= 4 is 28.9 Å². The monoisotopic (exact) mass is 374 g/mol. The highest BCUT2D eigenvalue weighted by Gasteiger charge is 2.30. The first-order chi connectivity index (χ1) is 11.7. The molecule has 2 aromatic rings. The average Bonchev–Trinajstić information content (AvgIpc) is 2.53. The lowest BCUT2D eigenvalue weighted by Gasteiger charge is -2.10. The van der Waals surface area contributed by atoms with Crippen LogP contribution in [0.3, 0.4) is 0 Å². The van der Waals surface area contributed by atoms with Gasteiger partial charge in [-0.25, -0.2) is 0 Å². The number of ether oxygens (including phenoxy) is 1. The Hall–Kier alpha value is -2.81. The van der Waals surface area contributed by atoms with Crippen LogP contribution in [0.1, 0.15) is 5.56 Å². The highest BCUT2D eigenvalue weighted by Crippen LogP contribution is 2.31. The molecule has 0 saturated heterocycles. The number of nitro groups is 1. The molecular formula is C15H10ClF3N2O4. The standard InChI is InChI=1S/C15H10ClF3N2O4/c16-10-4-5-13(12(7-10)21(23)24)25-8-14(22)20-11-3-1-2-9(6-11)15(17,18)19/h1-7H,8H2,(H,20,22). The number of rotatable bonds is 5. The highest BCUT2D eigenvalue weighted by molar-refractivity contribution is 6.30. The van der Waals surface area contributed by atoms with E-state index in [2.05, 4.69) is 5.32 Å². The fraction of sp³-hybridized carbons (Fsp3) is 0.133. The summed E-state index contributed by atoms with van der Waals surface area (Å²) in [6.07, 6.45) is -4.54. The Morgan fingerprint density at radius 1 is 1.24 bits per heavy atom. The molecule has 0 aromatic heterocycles. The number of benzene rings is 2. The molecular weight excluding hydrogens is 365 g/mol. The van der Waals surface area contributed by atoms with E-state index < -0.39 is 34.9 Å². The number of halogens is 4. The molecule has 0 aliphatic rings. The largest absolute Gasteiger partial charge is 0.477 e. The van der Waals surface area contributed by atoms with Crippen molar-refractivity contribution in [3.63, 3.8) is 0 Å². The van der Waals surface area contributed by atoms with Crippen LogP contribution in [0, 0.1) is 10.1 Å². The molecule has 6 nitrogen and oxygen atoms in total. The van der Waals surface area contributed by atoms with Crippen LogP contribution < -0.4 is 10.1 Å². The molecule has 0 aliphatic heterocycles. The minimum absolute atomic E-state index is 0.0750. The van der Waals surface area contributed by atoms with Crippen LogP contribution in [-0.2, 0) is 11.0 Å². The fourth-order valence-corrected chi connectivity index (χ4v) is 2.04. The summed E-state index contributed by atoms with van der Waals surface area (Å²) >= 11 is 5.65. The van der Waals surface area contributed by atoms with Gasteiger partial charge in [-0.1, -0.05) is 17.7 Å². The normalized spacial score (nSPS) is 11.0. The third-order valence-electron chi connectivity index (χ3n) is 2.95. The Morgan fingerprint density at radius 2 is 1.96 bits per heavy atom. The fourth-order valence-electron chi connectivity index (χ4n) is 1.87. The summed E-state index contributed by atoms with van der Waals surface area (Å²) in [7, 11) is 0. The second-order valence-electron chi connectivity index (χ2n) is 4.78. The number of alkyl halides is 3. The van der Waals surface area contributed by atoms with Gasteiger partial charge in [-0.2, -0.15) is 13.2 Å². The van der Waals surface area contributed by atoms with Gasteiger partial charge in [-0.3, -0.25) is 14.9 Å².